The fourth-order valence-corrected chi connectivity index (χ4v) is 3.86. The van der Waals surface area contributed by atoms with Gasteiger partial charge in [0.1, 0.15) is 0 Å². The molecule has 4 rings (SSSR count). The molecule has 0 bridgehead atoms. The number of hydrogen-bond donors (Lipinski definition) is 0. The second-order valence-electron chi connectivity index (χ2n) is 7.45. The predicted octanol–water partition coefficient (Wildman–Crippen LogP) is 7.51. The number of benzene rings is 3. The average molecular weight is 459 g/mol. The Kier molecular flexibility index (Phi) is 4.18. The van der Waals surface area contributed by atoms with E-state index in [0.29, 0.717) is 11.2 Å². The first-order valence-corrected chi connectivity index (χ1v) is 9.49. The summed E-state index contributed by atoms with van der Waals surface area (Å²) in [6.45, 7) is 6.61. The van der Waals surface area contributed by atoms with Crippen molar-refractivity contribution in [1.29, 1.82) is 0 Å². The van der Waals surface area contributed by atoms with Crippen LogP contribution in [0.4, 0.5) is 15.8 Å². The van der Waals surface area contributed by atoms with Gasteiger partial charge in [0, 0.05) is 10.8 Å². The van der Waals surface area contributed by atoms with Crippen molar-refractivity contribution in [3.8, 4) is 0 Å². The molecule has 26 heavy (non-hydrogen) atoms. The summed E-state index contributed by atoms with van der Waals surface area (Å²) in [5.41, 5.74) is 4.36. The van der Waals surface area contributed by atoms with Crippen LogP contribution >= 0.6 is 22.9 Å². The lowest BCUT2D eigenvalue weighted by Gasteiger charge is -2.21. The topological polar surface area (TPSA) is 16.4 Å². The van der Waals surface area contributed by atoms with Crippen molar-refractivity contribution in [2.45, 2.75) is 26.2 Å². The van der Waals surface area contributed by atoms with E-state index in [1.807, 2.05) is 27.4 Å². The van der Waals surface area contributed by atoms with Gasteiger partial charge in [-0.3, -0.25) is 3.11 Å². The van der Waals surface area contributed by atoms with Crippen LogP contribution < -0.4 is 3.11 Å². The van der Waals surface area contributed by atoms with Crippen molar-refractivity contribution in [2.75, 3.05) is 3.11 Å². The van der Waals surface area contributed by atoms with E-state index in [2.05, 4.69) is 67.9 Å². The largest absolute Gasteiger partial charge is 0.451 e. The molecule has 0 aliphatic carbocycles. The van der Waals surface area contributed by atoms with Crippen LogP contribution in [0.1, 0.15) is 26.3 Å². The van der Waals surface area contributed by atoms with E-state index in [0.717, 1.165) is 22.1 Å². The molecule has 0 radical (unpaired) electrons. The third kappa shape index (κ3) is 2.86. The third-order valence-corrected chi connectivity index (χ3v) is 5.70. The second-order valence-corrected chi connectivity index (χ2v) is 8.41. The maximum Gasteiger partial charge on any atom is 0.171 e. The van der Waals surface area contributed by atoms with Gasteiger partial charge in [0.2, 0.25) is 0 Å². The van der Waals surface area contributed by atoms with E-state index in [-0.39, 0.29) is 11.2 Å². The van der Waals surface area contributed by atoms with Crippen molar-refractivity contribution in [3.05, 3.63) is 72.0 Å². The van der Waals surface area contributed by atoms with Gasteiger partial charge in [-0.1, -0.05) is 57.2 Å². The van der Waals surface area contributed by atoms with Crippen LogP contribution in [-0.4, -0.2) is 0 Å². The minimum absolute atomic E-state index is 0.116. The molecule has 0 aliphatic rings. The van der Waals surface area contributed by atoms with Crippen molar-refractivity contribution >= 4 is 56.2 Å². The van der Waals surface area contributed by atoms with Gasteiger partial charge >= 0.3 is 0 Å². The monoisotopic (exact) mass is 459 g/mol. The lowest BCUT2D eigenvalue weighted by atomic mass is 9.87. The van der Waals surface area contributed by atoms with Crippen LogP contribution in [0.2, 0.25) is 0 Å². The van der Waals surface area contributed by atoms with Crippen molar-refractivity contribution in [2.24, 2.45) is 0 Å². The summed E-state index contributed by atoms with van der Waals surface area (Å²) < 4.78 is 22.1. The Morgan fingerprint density at radius 2 is 1.46 bits per heavy atom. The van der Waals surface area contributed by atoms with E-state index in [1.54, 1.807) is 6.07 Å². The first-order valence-electron chi connectivity index (χ1n) is 8.52. The molecular weight excluding hydrogens is 440 g/mol. The number of para-hydroxylation sites is 2. The summed E-state index contributed by atoms with van der Waals surface area (Å²) >= 11 is 2.27. The molecule has 3 aromatic carbocycles. The van der Waals surface area contributed by atoms with E-state index in [4.69, 9.17) is 4.42 Å². The number of hydrogen-bond acceptors (Lipinski definition) is 2. The Hall–Kier alpha value is -2.08. The van der Waals surface area contributed by atoms with Gasteiger partial charge in [0.05, 0.1) is 34.2 Å². The zero-order valence-electron chi connectivity index (χ0n) is 14.9. The molecule has 4 heteroatoms. The van der Waals surface area contributed by atoms with Gasteiger partial charge in [-0.15, -0.1) is 0 Å². The maximum atomic E-state index is 14.1. The number of furan rings is 1. The minimum Gasteiger partial charge on any atom is -0.451 e. The second kappa shape index (κ2) is 6.27. The Morgan fingerprint density at radius 1 is 0.846 bits per heavy atom. The average Bonchev–Trinajstić information content (AvgIpc) is 3.01. The normalized spacial score (nSPS) is 12.0. The first kappa shape index (κ1) is 17.3. The van der Waals surface area contributed by atoms with E-state index in [9.17, 15) is 4.39 Å². The summed E-state index contributed by atoms with van der Waals surface area (Å²) in [7, 11) is 0. The molecule has 0 spiro atoms. The van der Waals surface area contributed by atoms with E-state index in [1.165, 1.54) is 11.6 Å². The number of fused-ring (bicyclic) bond motifs is 3. The molecule has 2 nitrogen and oxygen atoms in total. The predicted molar refractivity (Wildman–Crippen MR) is 115 cm³/mol. The van der Waals surface area contributed by atoms with Gasteiger partial charge in [0.15, 0.2) is 17.0 Å². The summed E-state index contributed by atoms with van der Waals surface area (Å²) in [6, 6.07) is 19.5. The molecule has 0 saturated carbocycles. The first-order chi connectivity index (χ1) is 12.4. The van der Waals surface area contributed by atoms with E-state index >= 15 is 0 Å². The van der Waals surface area contributed by atoms with Crippen LogP contribution in [0.5, 0.6) is 0 Å². The maximum absolute atomic E-state index is 14.1. The molecule has 1 heterocycles. The zero-order chi connectivity index (χ0) is 18.5. The molecular formula is C22H19FINO. The highest BCUT2D eigenvalue weighted by atomic mass is 127. The van der Waals surface area contributed by atoms with Gasteiger partial charge in [-0.25, -0.2) is 4.39 Å². The van der Waals surface area contributed by atoms with Crippen molar-refractivity contribution < 1.29 is 8.81 Å². The van der Waals surface area contributed by atoms with E-state index < -0.39 is 0 Å². The molecule has 0 fully saturated rings. The van der Waals surface area contributed by atoms with Crippen LogP contribution in [0.15, 0.2) is 65.1 Å². The van der Waals surface area contributed by atoms with Crippen molar-refractivity contribution in [3.63, 3.8) is 0 Å². The lowest BCUT2D eigenvalue weighted by Crippen LogP contribution is -2.11. The zero-order valence-corrected chi connectivity index (χ0v) is 17.0. The summed E-state index contributed by atoms with van der Waals surface area (Å²) in [5, 5.41) is 1.72. The molecule has 0 unspecified atom stereocenters. The quantitative estimate of drug-likeness (QED) is 0.228. The minimum atomic E-state index is -0.334. The Balaban J connectivity index is 1.83. The highest BCUT2D eigenvalue weighted by Gasteiger charge is 2.18. The Bertz CT molecular complexity index is 1090. The number of anilines is 2. The molecule has 0 N–H and O–H groups in total. The number of rotatable bonds is 2. The molecule has 0 aliphatic heterocycles. The smallest absolute Gasteiger partial charge is 0.171 e. The fraction of sp³-hybridized carbons (Fsp3) is 0.182. The SMILES string of the molecule is CC(C)(C)c1ccc(N(I)c2cccc3c2oc2c(F)cccc23)cc1. The molecule has 0 atom stereocenters. The molecule has 4 aromatic rings. The standard InChI is InChI=1S/C22H19FINO/c1-22(2,3)14-10-12-15(13-11-14)25(24)19-9-5-7-17-16-6-4-8-18(23)20(16)26-21(17)19/h4-13H,1-3H3. The Labute approximate surface area is 166 Å². The third-order valence-electron chi connectivity index (χ3n) is 4.63. The van der Waals surface area contributed by atoms with Crippen LogP contribution in [0.3, 0.4) is 0 Å². The number of halogens is 2. The van der Waals surface area contributed by atoms with Crippen LogP contribution in [-0.2, 0) is 5.41 Å². The summed E-state index contributed by atoms with van der Waals surface area (Å²) in [5.74, 6) is -0.334. The van der Waals surface area contributed by atoms with Crippen molar-refractivity contribution in [1.82, 2.24) is 0 Å². The van der Waals surface area contributed by atoms with Crippen LogP contribution in [0.25, 0.3) is 21.9 Å². The van der Waals surface area contributed by atoms with Gasteiger partial charge in [-0.05, 0) is 35.2 Å². The highest BCUT2D eigenvalue weighted by molar-refractivity contribution is 14.1. The van der Waals surface area contributed by atoms with Gasteiger partial charge in [-0.2, -0.15) is 0 Å². The highest BCUT2D eigenvalue weighted by Crippen LogP contribution is 2.40. The lowest BCUT2D eigenvalue weighted by molar-refractivity contribution is 0.584. The Morgan fingerprint density at radius 3 is 2.12 bits per heavy atom. The molecule has 132 valence electrons. The summed E-state index contributed by atoms with van der Waals surface area (Å²) in [4.78, 5) is 0. The molecule has 0 saturated heterocycles. The fourth-order valence-electron chi connectivity index (χ4n) is 3.16. The molecule has 1 aromatic heterocycles. The van der Waals surface area contributed by atoms with Gasteiger partial charge < -0.3 is 4.42 Å². The van der Waals surface area contributed by atoms with Gasteiger partial charge in [0.25, 0.3) is 0 Å². The summed E-state index contributed by atoms with van der Waals surface area (Å²) in [6.07, 6.45) is 0. The number of nitrogens with zero attached hydrogens (tertiary/aromatic N) is 1. The molecule has 0 amide bonds. The van der Waals surface area contributed by atoms with Crippen LogP contribution in [0, 0.1) is 5.82 Å².